The standard InChI is InChI=1S/8C15H12N2/c1-10-5-4-6-13-12-8-7-11(16-2)9-14(12)17(3)15(10)13;1-10-5-4-6-12-13-9-11(16-2)7-8-14(13)17(3)15(10)12;1-10-8-12(16-2)15-11-6-4-5-7-13(11)17(3)14(15)9-10;1-10-8-9-12(16-2)14-11-6-4-5-7-13(11)17(3)15(10)14;1-10-5-3-7-12-14-11(9-16)6-4-8-13(14)17(2)15(10)12;1-10-7-15-13(8-11(10)9-16)12-5-3-4-6-14(12)17(15)2;1-10-7-11(9-16)15-13(8-10)12-5-3-4-6-14(12)17(15)2;1-10-7-8-12-11-5-3-4-6-14(11)17(2)15(12)13(10)9-16/h4*4-9H,1,3H3;4*3-8H,1-2H3. The summed E-state index contributed by atoms with van der Waals surface area (Å²) >= 11 is 0. The Labute approximate surface area is 789 Å². The van der Waals surface area contributed by atoms with Crippen LogP contribution in [0.15, 0.2) is 291 Å². The van der Waals surface area contributed by atoms with Gasteiger partial charge in [-0.25, -0.2) is 19.4 Å². The van der Waals surface area contributed by atoms with Crippen molar-refractivity contribution in [1.29, 1.82) is 21.0 Å². The molecule has 16 nitrogen and oxygen atoms in total. The van der Waals surface area contributed by atoms with Gasteiger partial charge in [0.05, 0.1) is 93.8 Å². The molecule has 0 saturated carbocycles. The molecule has 8 aromatic heterocycles. The Morgan fingerprint density at radius 1 is 0.206 bits per heavy atom. The number of para-hydroxylation sites is 8. The van der Waals surface area contributed by atoms with Crippen molar-refractivity contribution < 1.29 is 0 Å². The molecular formula is C120H96N16. The lowest BCUT2D eigenvalue weighted by Crippen LogP contribution is -1.91. The molecule has 0 aliphatic heterocycles. The van der Waals surface area contributed by atoms with Crippen LogP contribution in [-0.4, -0.2) is 36.5 Å². The zero-order chi connectivity index (χ0) is 95.9. The molecule has 0 aliphatic rings. The average Bonchev–Trinajstić information content (AvgIpc) is 1.58. The fourth-order valence-electron chi connectivity index (χ4n) is 20.2. The molecule has 8 heterocycles. The topological polar surface area (TPSA) is 152 Å². The Balaban J connectivity index is 0.000000108. The van der Waals surface area contributed by atoms with Crippen molar-refractivity contribution in [2.24, 2.45) is 56.4 Å². The van der Waals surface area contributed by atoms with E-state index in [1.807, 2.05) is 193 Å². The summed E-state index contributed by atoms with van der Waals surface area (Å²) in [6.45, 7) is 45.3. The molecule has 0 spiro atoms. The highest BCUT2D eigenvalue weighted by Gasteiger charge is 2.21. The number of hydrogen-bond acceptors (Lipinski definition) is 4. The summed E-state index contributed by atoms with van der Waals surface area (Å²) in [7, 11) is 16.4. The lowest BCUT2D eigenvalue weighted by Gasteiger charge is -2.02. The molecule has 0 unspecified atom stereocenters. The zero-order valence-corrected chi connectivity index (χ0v) is 78.9. The van der Waals surface area contributed by atoms with Crippen LogP contribution >= 0.6 is 0 Å². The summed E-state index contributed by atoms with van der Waals surface area (Å²) in [6, 6.07) is 107. The molecule has 0 radical (unpaired) electrons. The van der Waals surface area contributed by atoms with E-state index in [2.05, 4.69) is 290 Å². The minimum absolute atomic E-state index is 0.695. The zero-order valence-electron chi connectivity index (χ0n) is 78.9. The van der Waals surface area contributed by atoms with Gasteiger partial charge in [-0.2, -0.15) is 21.0 Å². The molecule has 24 rings (SSSR count). The van der Waals surface area contributed by atoms with Gasteiger partial charge in [0.25, 0.3) is 0 Å². The lowest BCUT2D eigenvalue weighted by atomic mass is 10.0. The van der Waals surface area contributed by atoms with E-state index in [1.54, 1.807) is 0 Å². The second-order valence-corrected chi connectivity index (χ2v) is 34.8. The van der Waals surface area contributed by atoms with Gasteiger partial charge in [-0.3, -0.25) is 0 Å². The Morgan fingerprint density at radius 2 is 0.596 bits per heavy atom. The van der Waals surface area contributed by atoms with E-state index in [4.69, 9.17) is 31.6 Å². The third-order valence-electron chi connectivity index (χ3n) is 26.7. The highest BCUT2D eigenvalue weighted by molar-refractivity contribution is 6.19. The van der Waals surface area contributed by atoms with Crippen molar-refractivity contribution >= 4 is 197 Å². The number of fused-ring (bicyclic) bond motifs is 24. The molecule has 16 aromatic carbocycles. The van der Waals surface area contributed by atoms with Gasteiger partial charge in [-0.1, -0.05) is 206 Å². The van der Waals surface area contributed by atoms with Gasteiger partial charge in [0.2, 0.25) is 0 Å². The van der Waals surface area contributed by atoms with Crippen LogP contribution in [0.4, 0.5) is 22.7 Å². The summed E-state index contributed by atoms with van der Waals surface area (Å²) in [5.41, 5.74) is 33.8. The highest BCUT2D eigenvalue weighted by Crippen LogP contribution is 2.42. The van der Waals surface area contributed by atoms with Gasteiger partial charge >= 0.3 is 0 Å². The molecule has 0 N–H and O–H groups in total. The van der Waals surface area contributed by atoms with Gasteiger partial charge in [-0.05, 0) is 201 Å². The van der Waals surface area contributed by atoms with Gasteiger partial charge in [-0.15, -0.1) is 0 Å². The average molecular weight is 1760 g/mol. The van der Waals surface area contributed by atoms with E-state index in [-0.39, 0.29) is 0 Å². The van der Waals surface area contributed by atoms with Gasteiger partial charge < -0.3 is 36.5 Å². The molecule has 136 heavy (non-hydrogen) atoms. The van der Waals surface area contributed by atoms with Crippen LogP contribution < -0.4 is 0 Å². The van der Waals surface area contributed by atoms with Crippen molar-refractivity contribution in [3.63, 3.8) is 0 Å². The van der Waals surface area contributed by atoms with Gasteiger partial charge in [0.15, 0.2) is 22.7 Å². The fraction of sp³-hybridized carbons (Fsp3) is 0.133. The van der Waals surface area contributed by atoms with Crippen LogP contribution in [-0.2, 0) is 56.4 Å². The minimum Gasteiger partial charge on any atom is -0.345 e. The summed E-state index contributed by atoms with van der Waals surface area (Å²) < 4.78 is 17.3. The Kier molecular flexibility index (Phi) is 24.4. The quantitative estimate of drug-likeness (QED) is 0.139. The minimum atomic E-state index is 0.695. The normalized spacial score (nSPS) is 10.9. The van der Waals surface area contributed by atoms with Crippen LogP contribution in [0, 0.1) is 127 Å². The number of aromatic nitrogens is 8. The maximum absolute atomic E-state index is 9.30. The third kappa shape index (κ3) is 15.6. The monoisotopic (exact) mass is 1760 g/mol. The molecule has 0 atom stereocenters. The van der Waals surface area contributed by atoms with Crippen LogP contribution in [0.25, 0.3) is 194 Å². The predicted molar refractivity (Wildman–Crippen MR) is 565 cm³/mol. The van der Waals surface area contributed by atoms with E-state index in [0.717, 1.165) is 116 Å². The molecular weight excluding hydrogens is 1670 g/mol. The first-order chi connectivity index (χ1) is 65.8. The molecule has 0 bridgehead atoms. The first kappa shape index (κ1) is 89.8. The van der Waals surface area contributed by atoms with Crippen molar-refractivity contribution in [2.45, 2.75) is 55.4 Å². The second-order valence-electron chi connectivity index (χ2n) is 34.8. The molecule has 0 saturated heterocycles. The number of aryl methyl sites for hydroxylation is 16. The SMILES string of the molecule is Cc1cc(C#N)c2c(c1)c1ccccc1n2C.Cc1cc2c(cc1C#N)c1ccccc1n2C.Cc1ccc2c3ccccc3n(C)c2c1C#N.Cc1cccc2c3c(C#N)cccc3n(C)c12.[C-]#[N+]c1cc(C)cc2c1c1ccccc1n2C.[C-]#[N+]c1ccc(C)c2c1c1ccccc1n2C.[C-]#[N+]c1ccc2c(c1)c1cccc(C)c1n2C.[C-]#[N+]c1ccc2c3cccc(C)c3n(C)c2c1. The van der Waals surface area contributed by atoms with Crippen molar-refractivity contribution in [1.82, 2.24) is 36.5 Å². The summed E-state index contributed by atoms with van der Waals surface area (Å²) in [4.78, 5) is 14.3. The van der Waals surface area contributed by atoms with E-state index < -0.39 is 0 Å². The van der Waals surface area contributed by atoms with Crippen LogP contribution in [0.3, 0.4) is 0 Å². The maximum Gasteiger partial charge on any atom is 0.197 e. The van der Waals surface area contributed by atoms with Crippen molar-refractivity contribution in [3.05, 3.63) is 404 Å². The fourth-order valence-corrected chi connectivity index (χ4v) is 20.2. The Bertz CT molecular complexity index is 9400. The maximum atomic E-state index is 9.30. The highest BCUT2D eigenvalue weighted by atomic mass is 15.0. The first-order valence-corrected chi connectivity index (χ1v) is 44.7. The number of benzene rings is 16. The predicted octanol–water partition coefficient (Wildman–Crippen LogP) is 30.8. The molecule has 0 fully saturated rings. The van der Waals surface area contributed by atoms with E-state index >= 15 is 0 Å². The lowest BCUT2D eigenvalue weighted by molar-refractivity contribution is 1.01. The third-order valence-corrected chi connectivity index (χ3v) is 26.7. The van der Waals surface area contributed by atoms with Crippen molar-refractivity contribution in [3.8, 4) is 24.3 Å². The Hall–Kier alpha value is -18.2. The first-order valence-electron chi connectivity index (χ1n) is 44.7. The van der Waals surface area contributed by atoms with Crippen LogP contribution in [0.2, 0.25) is 0 Å². The molecule has 16 heteroatoms. The van der Waals surface area contributed by atoms with Crippen LogP contribution in [0.1, 0.15) is 66.8 Å². The van der Waals surface area contributed by atoms with Crippen LogP contribution in [0.5, 0.6) is 0 Å². The molecule has 24 aromatic rings. The second kappa shape index (κ2) is 37.0. The largest absolute Gasteiger partial charge is 0.345 e. The summed E-state index contributed by atoms with van der Waals surface area (Å²) in [5.74, 6) is 0. The van der Waals surface area contributed by atoms with Crippen molar-refractivity contribution in [2.75, 3.05) is 0 Å². The molecule has 656 valence electrons. The van der Waals surface area contributed by atoms with Gasteiger partial charge in [0, 0.05) is 182 Å². The Morgan fingerprint density at radius 3 is 1.18 bits per heavy atom. The van der Waals surface area contributed by atoms with Gasteiger partial charge in [0.1, 0.15) is 12.1 Å². The smallest absolute Gasteiger partial charge is 0.197 e. The van der Waals surface area contributed by atoms with E-state index in [9.17, 15) is 15.8 Å². The number of nitriles is 4. The van der Waals surface area contributed by atoms with E-state index in [1.165, 1.54) is 137 Å². The summed E-state index contributed by atoms with van der Waals surface area (Å²) in [6.07, 6.45) is 0. The number of hydrogen-bond donors (Lipinski definition) is 0. The summed E-state index contributed by atoms with van der Waals surface area (Å²) in [5, 5.41) is 55.6. The van der Waals surface area contributed by atoms with E-state index in [0.29, 0.717) is 11.4 Å². The number of rotatable bonds is 0. The number of nitrogens with zero attached hydrogens (tertiary/aromatic N) is 16. The molecule has 0 aliphatic carbocycles. The molecule has 0 amide bonds.